The lowest BCUT2D eigenvalue weighted by molar-refractivity contribution is 0.102. The van der Waals surface area contributed by atoms with E-state index in [2.05, 4.69) is 31.2 Å². The highest BCUT2D eigenvalue weighted by molar-refractivity contribution is 8.15. The van der Waals surface area contributed by atoms with Gasteiger partial charge in [0.25, 0.3) is 5.91 Å². The Morgan fingerprint density at radius 2 is 2.22 bits per heavy atom. The van der Waals surface area contributed by atoms with Crippen molar-refractivity contribution in [3.8, 4) is 18.2 Å². The number of hydrogen-bond donors (Lipinski definition) is 2. The summed E-state index contributed by atoms with van der Waals surface area (Å²) >= 11 is 1.46. The third-order valence-electron chi connectivity index (χ3n) is 5.55. The van der Waals surface area contributed by atoms with Gasteiger partial charge in [-0.25, -0.2) is 15.0 Å². The summed E-state index contributed by atoms with van der Waals surface area (Å²) in [5.41, 5.74) is 5.75. The number of amidine groups is 1. The molecule has 3 heterocycles. The second kappa shape index (κ2) is 8.37. The van der Waals surface area contributed by atoms with E-state index in [0.717, 1.165) is 6.42 Å². The minimum Gasteiger partial charge on any atom is -0.463 e. The van der Waals surface area contributed by atoms with Gasteiger partial charge < -0.3 is 20.5 Å². The smallest absolute Gasteiger partial charge is 0.275 e. The van der Waals surface area contributed by atoms with Crippen LogP contribution in [0.15, 0.2) is 29.6 Å². The van der Waals surface area contributed by atoms with E-state index < -0.39 is 17.4 Å². The fourth-order valence-corrected chi connectivity index (χ4v) is 5.47. The zero-order valence-electron chi connectivity index (χ0n) is 17.5. The van der Waals surface area contributed by atoms with Crippen molar-refractivity contribution in [1.29, 1.82) is 0 Å². The first-order chi connectivity index (χ1) is 15.3. The van der Waals surface area contributed by atoms with Gasteiger partial charge in [-0.05, 0) is 19.4 Å². The fourth-order valence-electron chi connectivity index (χ4n) is 4.02. The average molecular weight is 457 g/mol. The van der Waals surface area contributed by atoms with Crippen molar-refractivity contribution in [2.24, 2.45) is 16.6 Å². The van der Waals surface area contributed by atoms with Crippen LogP contribution in [-0.4, -0.2) is 51.1 Å². The van der Waals surface area contributed by atoms with Gasteiger partial charge >= 0.3 is 0 Å². The SMILES string of the molecule is C#CCOc1cnc(C(=O)Nc2cnc(F)c([C@@]3(C)N=C(N)S[C@@]4(COC)C[C@H]43)c2)cn1. The predicted molar refractivity (Wildman–Crippen MR) is 118 cm³/mol. The van der Waals surface area contributed by atoms with E-state index in [0.29, 0.717) is 17.5 Å². The van der Waals surface area contributed by atoms with Crippen molar-refractivity contribution in [3.63, 3.8) is 0 Å². The Bertz CT molecular complexity index is 1120. The lowest BCUT2D eigenvalue weighted by Crippen LogP contribution is -2.38. The molecule has 3 N–H and O–H groups in total. The Morgan fingerprint density at radius 3 is 2.91 bits per heavy atom. The van der Waals surface area contributed by atoms with Crippen LogP contribution >= 0.6 is 11.8 Å². The van der Waals surface area contributed by atoms with Gasteiger partial charge in [0.05, 0.1) is 41.2 Å². The Morgan fingerprint density at radius 1 is 1.41 bits per heavy atom. The van der Waals surface area contributed by atoms with Gasteiger partial charge in [-0.15, -0.1) is 6.42 Å². The lowest BCUT2D eigenvalue weighted by atomic mass is 9.86. The normalized spacial score (nSPS) is 25.8. The number of aliphatic imine (C=N–C) groups is 1. The van der Waals surface area contributed by atoms with Gasteiger partial charge in [-0.2, -0.15) is 4.39 Å². The minimum absolute atomic E-state index is 0.0240. The second-order valence-corrected chi connectivity index (χ2v) is 9.14. The standard InChI is InChI=1S/C21H21FN6O3S/c1-4-5-31-16-10-24-14(9-25-16)18(29)27-12-6-13(17(22)26-8-12)20(2)15-7-21(15,11-30-3)32-19(23)28-20/h1,6,8-10,15H,5,7,11H2,2-3H3,(H2,23,28)(H,27,29)/t15-,20+,21+/m0/s1. The van der Waals surface area contributed by atoms with Gasteiger partial charge in [0.1, 0.15) is 5.69 Å². The number of nitrogens with one attached hydrogen (secondary N) is 1. The Labute approximate surface area is 188 Å². The fraction of sp³-hybridized carbons (Fsp3) is 0.381. The molecular weight excluding hydrogens is 435 g/mol. The van der Waals surface area contributed by atoms with E-state index in [1.54, 1.807) is 7.11 Å². The van der Waals surface area contributed by atoms with Gasteiger partial charge in [-0.3, -0.25) is 9.79 Å². The number of halogens is 1. The first kappa shape index (κ1) is 22.0. The maximum atomic E-state index is 14.8. The number of aromatic nitrogens is 3. The molecule has 11 heteroatoms. The summed E-state index contributed by atoms with van der Waals surface area (Å²) in [6, 6.07) is 1.53. The molecule has 32 heavy (non-hydrogen) atoms. The van der Waals surface area contributed by atoms with E-state index in [-0.39, 0.29) is 34.4 Å². The Hall–Kier alpha value is -3.23. The molecule has 166 valence electrons. The number of fused-ring (bicyclic) bond motifs is 1. The molecule has 0 radical (unpaired) electrons. The minimum atomic E-state index is -0.929. The number of rotatable bonds is 7. The van der Waals surface area contributed by atoms with Gasteiger partial charge in [0.2, 0.25) is 11.8 Å². The molecule has 2 aromatic rings. The molecule has 1 aliphatic carbocycles. The molecule has 0 spiro atoms. The molecule has 0 saturated heterocycles. The second-order valence-electron chi connectivity index (χ2n) is 7.70. The van der Waals surface area contributed by atoms with Crippen molar-refractivity contribution in [3.05, 3.63) is 41.9 Å². The van der Waals surface area contributed by atoms with E-state index in [1.165, 1.54) is 36.4 Å². The molecule has 1 saturated carbocycles. The molecule has 1 fully saturated rings. The van der Waals surface area contributed by atoms with Crippen molar-refractivity contribution in [2.75, 3.05) is 25.6 Å². The number of carbonyl (C=O) groups is 1. The highest BCUT2D eigenvalue weighted by Gasteiger charge is 2.66. The number of thioether (sulfide) groups is 1. The van der Waals surface area contributed by atoms with E-state index in [9.17, 15) is 9.18 Å². The zero-order valence-corrected chi connectivity index (χ0v) is 18.3. The number of anilines is 1. The first-order valence-electron chi connectivity index (χ1n) is 9.70. The molecule has 1 amide bonds. The Kier molecular flexibility index (Phi) is 5.75. The third kappa shape index (κ3) is 3.99. The number of amides is 1. The van der Waals surface area contributed by atoms with Crippen LogP contribution in [0.5, 0.6) is 5.88 Å². The quantitative estimate of drug-likeness (QED) is 0.479. The number of hydrogen-bond acceptors (Lipinski definition) is 9. The number of nitrogens with zero attached hydrogens (tertiary/aromatic N) is 4. The highest BCUT2D eigenvalue weighted by Crippen LogP contribution is 2.65. The van der Waals surface area contributed by atoms with E-state index >= 15 is 0 Å². The number of pyridine rings is 1. The van der Waals surface area contributed by atoms with Crippen LogP contribution in [0, 0.1) is 24.2 Å². The molecule has 2 aliphatic rings. The zero-order chi connectivity index (χ0) is 22.9. The summed E-state index contributed by atoms with van der Waals surface area (Å²) in [4.78, 5) is 29.0. The van der Waals surface area contributed by atoms with Crippen LogP contribution in [-0.2, 0) is 10.3 Å². The van der Waals surface area contributed by atoms with Crippen LogP contribution in [0.3, 0.4) is 0 Å². The van der Waals surface area contributed by atoms with E-state index in [1.807, 2.05) is 6.92 Å². The summed E-state index contributed by atoms with van der Waals surface area (Å²) in [5, 5.41) is 3.04. The summed E-state index contributed by atoms with van der Waals surface area (Å²) in [6.07, 6.45) is 9.69. The summed E-state index contributed by atoms with van der Waals surface area (Å²) in [5.74, 6) is 1.34. The lowest BCUT2D eigenvalue weighted by Gasteiger charge is -2.33. The molecule has 4 rings (SSSR count). The number of terminal acetylenes is 1. The molecule has 2 aromatic heterocycles. The van der Waals surface area contributed by atoms with Gasteiger partial charge in [0, 0.05) is 18.6 Å². The van der Waals surface area contributed by atoms with Gasteiger partial charge in [0.15, 0.2) is 11.8 Å². The number of nitrogens with two attached hydrogens (primary N) is 1. The van der Waals surface area contributed by atoms with Crippen molar-refractivity contribution >= 4 is 28.5 Å². The topological polar surface area (TPSA) is 125 Å². The van der Waals surface area contributed by atoms with Crippen molar-refractivity contribution in [2.45, 2.75) is 23.6 Å². The molecule has 1 aliphatic heterocycles. The summed E-state index contributed by atoms with van der Waals surface area (Å²) < 4.78 is 25.1. The molecule has 0 aromatic carbocycles. The van der Waals surface area contributed by atoms with Crippen LogP contribution in [0.25, 0.3) is 0 Å². The molecular formula is C21H21FN6O3S. The Balaban J connectivity index is 1.56. The van der Waals surface area contributed by atoms with Crippen LogP contribution in [0.1, 0.15) is 29.4 Å². The molecule has 0 bridgehead atoms. The average Bonchev–Trinajstić information content (AvgIpc) is 3.49. The highest BCUT2D eigenvalue weighted by atomic mass is 32.2. The van der Waals surface area contributed by atoms with Crippen LogP contribution < -0.4 is 15.8 Å². The maximum Gasteiger partial charge on any atom is 0.275 e. The number of ether oxygens (including phenoxy) is 2. The molecule has 3 atom stereocenters. The predicted octanol–water partition coefficient (Wildman–Crippen LogP) is 1.96. The van der Waals surface area contributed by atoms with Crippen molar-refractivity contribution in [1.82, 2.24) is 15.0 Å². The number of methoxy groups -OCH3 is 1. The van der Waals surface area contributed by atoms with Crippen LogP contribution in [0.2, 0.25) is 0 Å². The van der Waals surface area contributed by atoms with E-state index in [4.69, 9.17) is 21.6 Å². The summed E-state index contributed by atoms with van der Waals surface area (Å²) in [7, 11) is 1.62. The molecule has 9 nitrogen and oxygen atoms in total. The van der Waals surface area contributed by atoms with Gasteiger partial charge in [-0.1, -0.05) is 17.7 Å². The maximum absolute atomic E-state index is 14.8. The first-order valence-corrected chi connectivity index (χ1v) is 10.5. The monoisotopic (exact) mass is 456 g/mol. The van der Waals surface area contributed by atoms with Crippen molar-refractivity contribution < 1.29 is 18.7 Å². The molecule has 0 unspecified atom stereocenters. The third-order valence-corrected chi connectivity index (χ3v) is 6.82. The largest absolute Gasteiger partial charge is 0.463 e. The number of carbonyl (C=O) groups excluding carboxylic acids is 1. The van der Waals surface area contributed by atoms with Crippen LogP contribution in [0.4, 0.5) is 10.1 Å². The summed E-state index contributed by atoms with van der Waals surface area (Å²) in [6.45, 7) is 2.36.